The number of hydrogen-bond acceptors (Lipinski definition) is 2. The van der Waals surface area contributed by atoms with Crippen LogP contribution in [0.15, 0.2) is 18.2 Å². The van der Waals surface area contributed by atoms with Gasteiger partial charge in [-0.2, -0.15) is 0 Å². The molecule has 0 atom stereocenters. The highest BCUT2D eigenvalue weighted by Gasteiger charge is 2.19. The zero-order chi connectivity index (χ0) is 11.8. The van der Waals surface area contributed by atoms with Gasteiger partial charge in [-0.25, -0.2) is 0 Å². The van der Waals surface area contributed by atoms with Crippen molar-refractivity contribution < 1.29 is 4.79 Å². The van der Waals surface area contributed by atoms with E-state index in [4.69, 9.17) is 0 Å². The average molecular weight is 218 g/mol. The lowest BCUT2D eigenvalue weighted by Crippen LogP contribution is -2.29. The van der Waals surface area contributed by atoms with Crippen molar-refractivity contribution >= 4 is 17.3 Å². The number of anilines is 2. The average Bonchev–Trinajstić information content (AvgIpc) is 2.57. The van der Waals surface area contributed by atoms with Gasteiger partial charge in [-0.05, 0) is 44.0 Å². The third-order valence-corrected chi connectivity index (χ3v) is 3.10. The molecule has 0 bridgehead atoms. The van der Waals surface area contributed by atoms with Crippen LogP contribution < -0.4 is 10.6 Å². The van der Waals surface area contributed by atoms with Crippen LogP contribution in [0.4, 0.5) is 11.4 Å². The lowest BCUT2D eigenvalue weighted by Gasteiger charge is -2.26. The van der Waals surface area contributed by atoms with Gasteiger partial charge in [-0.3, -0.25) is 4.79 Å². The van der Waals surface area contributed by atoms with Crippen molar-refractivity contribution in [1.29, 1.82) is 0 Å². The Morgan fingerprint density at radius 2 is 2.19 bits per heavy atom. The predicted octanol–water partition coefficient (Wildman–Crippen LogP) is 2.78. The fourth-order valence-corrected chi connectivity index (χ4v) is 1.79. The van der Waals surface area contributed by atoms with Crippen LogP contribution in [-0.4, -0.2) is 11.4 Å². The highest BCUT2D eigenvalue weighted by molar-refractivity contribution is 5.99. The maximum atomic E-state index is 11.2. The number of nitrogens with one attached hydrogen (secondary N) is 2. The summed E-state index contributed by atoms with van der Waals surface area (Å²) in [4.78, 5) is 11.2. The molecule has 86 valence electrons. The van der Waals surface area contributed by atoms with Crippen LogP contribution in [0.25, 0.3) is 0 Å². The molecule has 2 N–H and O–H groups in total. The quantitative estimate of drug-likeness (QED) is 0.819. The molecule has 3 nitrogen and oxygen atoms in total. The first-order valence-corrected chi connectivity index (χ1v) is 5.71. The van der Waals surface area contributed by atoms with Crippen LogP contribution in [0.1, 0.15) is 32.8 Å². The second-order valence-corrected chi connectivity index (χ2v) is 4.96. The molecule has 1 amide bonds. The molecule has 2 rings (SSSR count). The fraction of sp³-hybridized carbons (Fsp3) is 0.462. The minimum absolute atomic E-state index is 0.0851. The molecule has 16 heavy (non-hydrogen) atoms. The van der Waals surface area contributed by atoms with Crippen LogP contribution in [0.3, 0.4) is 0 Å². The van der Waals surface area contributed by atoms with Crippen LogP contribution >= 0.6 is 0 Å². The summed E-state index contributed by atoms with van der Waals surface area (Å²) in [6, 6.07) is 6.04. The second-order valence-electron chi connectivity index (χ2n) is 4.96. The lowest BCUT2D eigenvalue weighted by molar-refractivity contribution is -0.115. The number of fused-ring (bicyclic) bond motifs is 1. The Labute approximate surface area is 96.2 Å². The molecular weight excluding hydrogens is 200 g/mol. The highest BCUT2D eigenvalue weighted by Crippen LogP contribution is 2.27. The van der Waals surface area contributed by atoms with Gasteiger partial charge in [-0.15, -0.1) is 0 Å². The molecule has 0 spiro atoms. The number of hydrogen-bond donors (Lipinski definition) is 2. The Morgan fingerprint density at radius 3 is 2.88 bits per heavy atom. The van der Waals surface area contributed by atoms with E-state index in [1.807, 2.05) is 12.1 Å². The first kappa shape index (κ1) is 11.0. The Bertz CT molecular complexity index is 424. The SMILES string of the molecule is CCC(C)(C)Nc1ccc2c(c1)CC(=O)N2. The van der Waals surface area contributed by atoms with Crippen LogP contribution in [0.2, 0.25) is 0 Å². The van der Waals surface area contributed by atoms with Gasteiger partial charge < -0.3 is 10.6 Å². The summed E-state index contributed by atoms with van der Waals surface area (Å²) in [5.74, 6) is 0.0851. The Balaban J connectivity index is 2.20. The van der Waals surface area contributed by atoms with Crippen molar-refractivity contribution in [3.05, 3.63) is 23.8 Å². The molecule has 0 saturated carbocycles. The van der Waals surface area contributed by atoms with Gasteiger partial charge in [0.25, 0.3) is 0 Å². The van der Waals surface area contributed by atoms with Crippen molar-refractivity contribution in [1.82, 2.24) is 0 Å². The van der Waals surface area contributed by atoms with Gasteiger partial charge in [0.15, 0.2) is 0 Å². The normalized spacial score (nSPS) is 14.6. The lowest BCUT2D eigenvalue weighted by atomic mass is 10.0. The second kappa shape index (κ2) is 3.81. The van der Waals surface area contributed by atoms with E-state index in [1.165, 1.54) is 0 Å². The minimum Gasteiger partial charge on any atom is -0.380 e. The van der Waals surface area contributed by atoms with Gasteiger partial charge >= 0.3 is 0 Å². The third-order valence-electron chi connectivity index (χ3n) is 3.10. The maximum absolute atomic E-state index is 11.2. The summed E-state index contributed by atoms with van der Waals surface area (Å²) in [5, 5.41) is 6.31. The smallest absolute Gasteiger partial charge is 0.228 e. The van der Waals surface area contributed by atoms with Crippen LogP contribution in [0, 0.1) is 0 Å². The van der Waals surface area contributed by atoms with Crippen molar-refractivity contribution in [3.8, 4) is 0 Å². The van der Waals surface area contributed by atoms with E-state index in [0.29, 0.717) is 6.42 Å². The largest absolute Gasteiger partial charge is 0.380 e. The standard InChI is InChI=1S/C13H18N2O/c1-4-13(2,3)15-10-5-6-11-9(7-10)8-12(16)14-11/h5-7,15H,4,8H2,1-3H3,(H,14,16). The van der Waals surface area contributed by atoms with E-state index >= 15 is 0 Å². The topological polar surface area (TPSA) is 41.1 Å². The molecular formula is C13H18N2O. The van der Waals surface area contributed by atoms with Crippen molar-refractivity contribution in [3.63, 3.8) is 0 Å². The fourth-order valence-electron chi connectivity index (χ4n) is 1.79. The molecule has 1 aromatic carbocycles. The minimum atomic E-state index is 0.0851. The maximum Gasteiger partial charge on any atom is 0.228 e. The van der Waals surface area contributed by atoms with E-state index in [1.54, 1.807) is 0 Å². The Hall–Kier alpha value is -1.51. The number of benzene rings is 1. The molecule has 0 saturated heterocycles. The number of amides is 1. The zero-order valence-electron chi connectivity index (χ0n) is 10.1. The Kier molecular flexibility index (Phi) is 2.62. The Morgan fingerprint density at radius 1 is 1.44 bits per heavy atom. The van der Waals surface area contributed by atoms with Crippen molar-refractivity contribution in [2.24, 2.45) is 0 Å². The molecule has 3 heteroatoms. The van der Waals surface area contributed by atoms with Crippen LogP contribution in [-0.2, 0) is 11.2 Å². The molecule has 0 radical (unpaired) electrons. The predicted molar refractivity (Wildman–Crippen MR) is 66.8 cm³/mol. The van der Waals surface area contributed by atoms with Crippen molar-refractivity contribution in [2.45, 2.75) is 39.2 Å². The number of carbonyl (C=O) groups excluding carboxylic acids is 1. The van der Waals surface area contributed by atoms with E-state index in [0.717, 1.165) is 23.4 Å². The summed E-state index contributed by atoms with van der Waals surface area (Å²) < 4.78 is 0. The molecule has 1 aliphatic heterocycles. The summed E-state index contributed by atoms with van der Waals surface area (Å²) in [6.07, 6.45) is 1.55. The van der Waals surface area contributed by atoms with Crippen molar-refractivity contribution in [2.75, 3.05) is 10.6 Å². The zero-order valence-corrected chi connectivity index (χ0v) is 10.1. The number of carbonyl (C=O) groups is 1. The van der Waals surface area contributed by atoms with Gasteiger partial charge in [0, 0.05) is 16.9 Å². The van der Waals surface area contributed by atoms with Gasteiger partial charge in [-0.1, -0.05) is 6.92 Å². The number of rotatable bonds is 3. The van der Waals surface area contributed by atoms with E-state index < -0.39 is 0 Å². The molecule has 1 aliphatic rings. The molecule has 1 aromatic rings. The molecule has 1 heterocycles. The van der Waals surface area contributed by atoms with E-state index in [2.05, 4.69) is 37.5 Å². The highest BCUT2D eigenvalue weighted by atomic mass is 16.1. The van der Waals surface area contributed by atoms with Gasteiger partial charge in [0.1, 0.15) is 0 Å². The van der Waals surface area contributed by atoms with Crippen LogP contribution in [0.5, 0.6) is 0 Å². The summed E-state index contributed by atoms with van der Waals surface area (Å²) in [6.45, 7) is 6.50. The van der Waals surface area contributed by atoms with Gasteiger partial charge in [0.05, 0.1) is 6.42 Å². The summed E-state index contributed by atoms with van der Waals surface area (Å²) in [5.41, 5.74) is 3.21. The summed E-state index contributed by atoms with van der Waals surface area (Å²) in [7, 11) is 0. The van der Waals surface area contributed by atoms with Gasteiger partial charge in [0.2, 0.25) is 5.91 Å². The summed E-state index contributed by atoms with van der Waals surface area (Å²) >= 11 is 0. The first-order chi connectivity index (χ1) is 7.50. The molecule has 0 unspecified atom stereocenters. The first-order valence-electron chi connectivity index (χ1n) is 5.71. The van der Waals surface area contributed by atoms with E-state index in [-0.39, 0.29) is 11.4 Å². The monoisotopic (exact) mass is 218 g/mol. The third kappa shape index (κ3) is 2.18. The molecule has 0 fully saturated rings. The van der Waals surface area contributed by atoms with E-state index in [9.17, 15) is 4.79 Å². The molecule has 0 aliphatic carbocycles. The molecule has 0 aromatic heterocycles.